The highest BCUT2D eigenvalue weighted by molar-refractivity contribution is 5.88. The first-order valence-corrected chi connectivity index (χ1v) is 7.06. The van der Waals surface area contributed by atoms with Crippen molar-refractivity contribution in [3.8, 4) is 0 Å². The number of nitro benzene ring substituents is 1. The monoisotopic (exact) mass is 295 g/mol. The molecule has 7 nitrogen and oxygen atoms in total. The molecule has 0 spiro atoms. The number of quaternary nitrogens is 1. The highest BCUT2D eigenvalue weighted by atomic mass is 16.6. The predicted molar refractivity (Wildman–Crippen MR) is 77.4 cm³/mol. The van der Waals surface area contributed by atoms with Crippen LogP contribution in [0.2, 0.25) is 0 Å². The number of rotatable bonds is 9. The van der Waals surface area contributed by atoms with Gasteiger partial charge in [0.1, 0.15) is 5.69 Å². The Morgan fingerprint density at radius 1 is 1.33 bits per heavy atom. The maximum Gasteiger partial charge on any atom is 0.292 e. The van der Waals surface area contributed by atoms with Crippen LogP contribution in [0.25, 0.3) is 0 Å². The molecule has 1 aromatic rings. The molecule has 2 N–H and O–H groups in total. The second kappa shape index (κ2) is 8.21. The fourth-order valence-corrected chi connectivity index (χ4v) is 2.12. The quantitative estimate of drug-likeness (QED) is 0.370. The van der Waals surface area contributed by atoms with E-state index >= 15 is 0 Å². The van der Waals surface area contributed by atoms with Crippen molar-refractivity contribution >= 4 is 17.3 Å². The Morgan fingerprint density at radius 3 is 2.52 bits per heavy atom. The van der Waals surface area contributed by atoms with Gasteiger partial charge in [0.05, 0.1) is 30.5 Å². The predicted octanol–water partition coefficient (Wildman–Crippen LogP) is -0.315. The van der Waals surface area contributed by atoms with Gasteiger partial charge in [0, 0.05) is 24.6 Å². The van der Waals surface area contributed by atoms with E-state index in [-0.39, 0.29) is 11.3 Å². The zero-order chi connectivity index (χ0) is 15.8. The molecule has 0 aromatic heterocycles. The number of nitrogens with zero attached hydrogens (tertiary/aromatic N) is 1. The van der Waals surface area contributed by atoms with Crippen molar-refractivity contribution in [2.45, 2.75) is 20.3 Å². The molecule has 0 bridgehead atoms. The molecular weight excluding hydrogens is 274 g/mol. The van der Waals surface area contributed by atoms with Crippen LogP contribution >= 0.6 is 0 Å². The Bertz CT molecular complexity index is 501. The third-order valence-corrected chi connectivity index (χ3v) is 3.45. The van der Waals surface area contributed by atoms with Gasteiger partial charge in [0.2, 0.25) is 0 Å². The summed E-state index contributed by atoms with van der Waals surface area (Å²) in [4.78, 5) is 22.6. The van der Waals surface area contributed by atoms with Crippen LogP contribution in [-0.4, -0.2) is 37.1 Å². The molecule has 0 atom stereocenters. The Balaban J connectivity index is 2.66. The highest BCUT2D eigenvalue weighted by Crippen LogP contribution is 2.25. The number of hydrogen-bond acceptors (Lipinski definition) is 5. The average molecular weight is 295 g/mol. The maximum atomic E-state index is 11.0. The van der Waals surface area contributed by atoms with Crippen LogP contribution in [0, 0.1) is 10.1 Å². The van der Waals surface area contributed by atoms with E-state index in [4.69, 9.17) is 0 Å². The number of carboxylic acids is 1. The van der Waals surface area contributed by atoms with E-state index in [1.165, 1.54) is 17.0 Å². The molecule has 116 valence electrons. The van der Waals surface area contributed by atoms with Crippen molar-refractivity contribution in [2.24, 2.45) is 0 Å². The molecule has 21 heavy (non-hydrogen) atoms. The van der Waals surface area contributed by atoms with Gasteiger partial charge in [-0.05, 0) is 19.9 Å². The van der Waals surface area contributed by atoms with Gasteiger partial charge in [0.25, 0.3) is 5.69 Å². The zero-order valence-corrected chi connectivity index (χ0v) is 12.3. The zero-order valence-electron chi connectivity index (χ0n) is 12.3. The van der Waals surface area contributed by atoms with Crippen molar-refractivity contribution in [2.75, 3.05) is 31.5 Å². The van der Waals surface area contributed by atoms with Crippen LogP contribution in [0.1, 0.15) is 30.6 Å². The molecule has 7 heteroatoms. The van der Waals surface area contributed by atoms with E-state index in [9.17, 15) is 20.0 Å². The number of nitro groups is 1. The molecule has 1 aromatic carbocycles. The smallest absolute Gasteiger partial charge is 0.292 e. The van der Waals surface area contributed by atoms with Crippen LogP contribution in [0.15, 0.2) is 18.2 Å². The van der Waals surface area contributed by atoms with Crippen LogP contribution in [0.4, 0.5) is 11.4 Å². The SMILES string of the molecule is CC[NH+](CC)CCCNc1ccc(C(=O)[O-])cc1[N+](=O)[O-]. The minimum absolute atomic E-state index is 0.195. The number of anilines is 1. The number of carbonyl (C=O) groups excluding carboxylic acids is 1. The third-order valence-electron chi connectivity index (χ3n) is 3.45. The molecule has 0 heterocycles. The highest BCUT2D eigenvalue weighted by Gasteiger charge is 2.14. The molecular formula is C14H21N3O4. The van der Waals surface area contributed by atoms with E-state index in [1.54, 1.807) is 0 Å². The fraction of sp³-hybridized carbons (Fsp3) is 0.500. The number of carboxylic acid groups (broad SMARTS) is 1. The van der Waals surface area contributed by atoms with Crippen molar-refractivity contribution < 1.29 is 19.7 Å². The largest absolute Gasteiger partial charge is 0.545 e. The van der Waals surface area contributed by atoms with E-state index in [0.717, 1.165) is 32.1 Å². The molecule has 0 aliphatic carbocycles. The normalized spacial score (nSPS) is 10.6. The lowest BCUT2D eigenvalue weighted by molar-refractivity contribution is -0.896. The van der Waals surface area contributed by atoms with Gasteiger partial charge in [0.15, 0.2) is 0 Å². The number of benzene rings is 1. The summed E-state index contributed by atoms with van der Waals surface area (Å²) < 4.78 is 0. The number of carbonyl (C=O) groups is 1. The van der Waals surface area contributed by atoms with Crippen molar-refractivity contribution in [3.63, 3.8) is 0 Å². The topological polar surface area (TPSA) is 99.7 Å². The second-order valence-electron chi connectivity index (χ2n) is 4.76. The lowest BCUT2D eigenvalue weighted by atomic mass is 10.1. The van der Waals surface area contributed by atoms with Gasteiger partial charge < -0.3 is 20.1 Å². The summed E-state index contributed by atoms with van der Waals surface area (Å²) in [6.07, 6.45) is 0.885. The summed E-state index contributed by atoms with van der Waals surface area (Å²) in [5, 5.41) is 24.7. The van der Waals surface area contributed by atoms with Crippen molar-refractivity contribution in [1.29, 1.82) is 0 Å². The second-order valence-corrected chi connectivity index (χ2v) is 4.76. The molecule has 0 saturated heterocycles. The van der Waals surface area contributed by atoms with Crippen LogP contribution in [0.5, 0.6) is 0 Å². The van der Waals surface area contributed by atoms with Gasteiger partial charge in [-0.1, -0.05) is 6.07 Å². The van der Waals surface area contributed by atoms with Crippen molar-refractivity contribution in [1.82, 2.24) is 0 Å². The molecule has 0 saturated carbocycles. The lowest BCUT2D eigenvalue weighted by Gasteiger charge is -2.15. The Morgan fingerprint density at radius 2 is 2.00 bits per heavy atom. The first kappa shape index (κ1) is 16.9. The number of nitrogens with one attached hydrogen (secondary N) is 2. The standard InChI is InChI=1S/C14H21N3O4/c1-3-16(4-2)9-5-8-15-12-7-6-11(14(18)19)10-13(12)17(20)21/h6-7,10,15H,3-5,8-9H2,1-2H3,(H,18,19). The Labute approximate surface area is 123 Å². The molecule has 0 unspecified atom stereocenters. The molecule has 0 fully saturated rings. The lowest BCUT2D eigenvalue weighted by Crippen LogP contribution is -3.11. The summed E-state index contributed by atoms with van der Waals surface area (Å²) in [7, 11) is 0. The average Bonchev–Trinajstić information content (AvgIpc) is 2.47. The molecule has 1 rings (SSSR count). The summed E-state index contributed by atoms with van der Waals surface area (Å²) in [5.74, 6) is -1.42. The third kappa shape index (κ3) is 5.03. The maximum absolute atomic E-state index is 11.0. The Kier molecular flexibility index (Phi) is 6.61. The van der Waals surface area contributed by atoms with Gasteiger partial charge in [-0.2, -0.15) is 0 Å². The van der Waals surface area contributed by atoms with E-state index in [1.807, 2.05) is 0 Å². The molecule has 0 radical (unpaired) electrons. The number of hydrogen-bond donors (Lipinski definition) is 2. The van der Waals surface area contributed by atoms with Crippen molar-refractivity contribution in [3.05, 3.63) is 33.9 Å². The Hall–Kier alpha value is -2.15. The van der Waals surface area contributed by atoms with Crippen LogP contribution in [-0.2, 0) is 0 Å². The van der Waals surface area contributed by atoms with Gasteiger partial charge in [-0.15, -0.1) is 0 Å². The summed E-state index contributed by atoms with van der Waals surface area (Å²) in [6, 6.07) is 3.74. The van der Waals surface area contributed by atoms with E-state index < -0.39 is 10.9 Å². The van der Waals surface area contributed by atoms with Crippen LogP contribution in [0.3, 0.4) is 0 Å². The minimum atomic E-state index is -1.42. The molecule has 0 aliphatic heterocycles. The van der Waals surface area contributed by atoms with Gasteiger partial charge in [-0.25, -0.2) is 0 Å². The first-order valence-electron chi connectivity index (χ1n) is 7.06. The summed E-state index contributed by atoms with van der Waals surface area (Å²) in [5.41, 5.74) is -0.105. The first-order chi connectivity index (χ1) is 9.99. The van der Waals surface area contributed by atoms with Crippen LogP contribution < -0.4 is 15.3 Å². The summed E-state index contributed by atoms with van der Waals surface area (Å²) in [6.45, 7) is 7.94. The minimum Gasteiger partial charge on any atom is -0.545 e. The number of aromatic carboxylic acids is 1. The molecule has 0 amide bonds. The van der Waals surface area contributed by atoms with E-state index in [2.05, 4.69) is 19.2 Å². The van der Waals surface area contributed by atoms with Gasteiger partial charge >= 0.3 is 0 Å². The van der Waals surface area contributed by atoms with Gasteiger partial charge in [-0.3, -0.25) is 10.1 Å². The van der Waals surface area contributed by atoms with E-state index in [0.29, 0.717) is 12.2 Å². The molecule has 0 aliphatic rings. The summed E-state index contributed by atoms with van der Waals surface area (Å²) >= 11 is 0. The fourth-order valence-electron chi connectivity index (χ4n) is 2.12.